The van der Waals surface area contributed by atoms with Gasteiger partial charge in [0.1, 0.15) is 0 Å². The number of nitrogens with two attached hydrogens (primary N) is 1. The third-order valence-corrected chi connectivity index (χ3v) is 3.33. The van der Waals surface area contributed by atoms with Crippen LogP contribution >= 0.6 is 0 Å². The molecular formula is C11H15N5O. The molecule has 1 aliphatic rings. The molecule has 0 spiro atoms. The summed E-state index contributed by atoms with van der Waals surface area (Å²) in [7, 11) is 1.89. The molecule has 0 saturated heterocycles. The summed E-state index contributed by atoms with van der Waals surface area (Å²) in [6, 6.07) is 0. The smallest absolute Gasteiger partial charge is 0.247 e. The Morgan fingerprint density at radius 2 is 2.29 bits per heavy atom. The van der Waals surface area contributed by atoms with Gasteiger partial charge in [-0.1, -0.05) is 5.16 Å². The second-order valence-electron chi connectivity index (χ2n) is 4.84. The zero-order valence-corrected chi connectivity index (χ0v) is 9.92. The molecule has 6 heteroatoms. The maximum atomic E-state index is 6.22. The molecule has 2 N–H and O–H groups in total. The highest BCUT2D eigenvalue weighted by molar-refractivity contribution is 5.42. The van der Waals surface area contributed by atoms with Crippen molar-refractivity contribution in [2.75, 3.05) is 0 Å². The first-order valence-electron chi connectivity index (χ1n) is 5.70. The molecule has 1 saturated carbocycles. The Balaban J connectivity index is 1.95. The minimum atomic E-state index is -0.517. The molecule has 6 nitrogen and oxygen atoms in total. The SMILES string of the molecule is Cn1ccnc1-c1noc(C(C)(N)C2CC2)n1. The highest BCUT2D eigenvalue weighted by Gasteiger charge is 2.44. The molecule has 0 aliphatic heterocycles. The Labute approximate surface area is 98.8 Å². The summed E-state index contributed by atoms with van der Waals surface area (Å²) in [5.41, 5.74) is 5.71. The van der Waals surface area contributed by atoms with E-state index in [4.69, 9.17) is 10.3 Å². The van der Waals surface area contributed by atoms with E-state index in [-0.39, 0.29) is 0 Å². The van der Waals surface area contributed by atoms with Crippen molar-refractivity contribution in [3.05, 3.63) is 18.3 Å². The molecule has 2 heterocycles. The zero-order valence-electron chi connectivity index (χ0n) is 9.92. The maximum absolute atomic E-state index is 6.22. The molecular weight excluding hydrogens is 218 g/mol. The van der Waals surface area contributed by atoms with Gasteiger partial charge < -0.3 is 14.8 Å². The molecule has 2 aromatic heterocycles. The van der Waals surface area contributed by atoms with Gasteiger partial charge >= 0.3 is 0 Å². The largest absolute Gasteiger partial charge is 0.337 e. The topological polar surface area (TPSA) is 82.8 Å². The summed E-state index contributed by atoms with van der Waals surface area (Å²) in [6.45, 7) is 1.94. The third kappa shape index (κ3) is 1.64. The quantitative estimate of drug-likeness (QED) is 0.856. The van der Waals surface area contributed by atoms with Gasteiger partial charge in [0.25, 0.3) is 0 Å². The van der Waals surface area contributed by atoms with Crippen molar-refractivity contribution in [2.45, 2.75) is 25.3 Å². The number of hydrogen-bond donors (Lipinski definition) is 1. The first kappa shape index (κ1) is 10.5. The van der Waals surface area contributed by atoms with E-state index >= 15 is 0 Å². The zero-order chi connectivity index (χ0) is 12.0. The molecule has 0 radical (unpaired) electrons. The lowest BCUT2D eigenvalue weighted by atomic mass is 9.97. The molecule has 1 atom stereocenters. The second-order valence-corrected chi connectivity index (χ2v) is 4.84. The van der Waals surface area contributed by atoms with Crippen LogP contribution in [0, 0.1) is 5.92 Å². The summed E-state index contributed by atoms with van der Waals surface area (Å²) in [4.78, 5) is 8.54. The Morgan fingerprint density at radius 1 is 1.53 bits per heavy atom. The van der Waals surface area contributed by atoms with Crippen LogP contribution < -0.4 is 5.73 Å². The summed E-state index contributed by atoms with van der Waals surface area (Å²) in [5.74, 6) is 2.13. The number of aryl methyl sites for hydroxylation is 1. The van der Waals surface area contributed by atoms with Crippen LogP contribution in [-0.2, 0) is 12.6 Å². The molecule has 3 rings (SSSR count). The van der Waals surface area contributed by atoms with Gasteiger partial charge in [0.15, 0.2) is 5.82 Å². The van der Waals surface area contributed by atoms with Crippen molar-refractivity contribution in [1.29, 1.82) is 0 Å². The summed E-state index contributed by atoms with van der Waals surface area (Å²) in [6.07, 6.45) is 5.81. The highest BCUT2D eigenvalue weighted by Crippen LogP contribution is 2.43. The van der Waals surface area contributed by atoms with Crippen molar-refractivity contribution in [3.63, 3.8) is 0 Å². The van der Waals surface area contributed by atoms with Crippen LogP contribution in [0.4, 0.5) is 0 Å². The summed E-state index contributed by atoms with van der Waals surface area (Å²) in [5, 5.41) is 3.95. The van der Waals surface area contributed by atoms with Crippen molar-refractivity contribution < 1.29 is 4.52 Å². The van der Waals surface area contributed by atoms with Gasteiger partial charge in [-0.25, -0.2) is 4.98 Å². The number of rotatable bonds is 3. The molecule has 0 aromatic carbocycles. The lowest BCUT2D eigenvalue weighted by molar-refractivity contribution is 0.273. The minimum Gasteiger partial charge on any atom is -0.337 e. The van der Waals surface area contributed by atoms with Gasteiger partial charge in [-0.15, -0.1) is 0 Å². The highest BCUT2D eigenvalue weighted by atomic mass is 16.5. The van der Waals surface area contributed by atoms with E-state index in [9.17, 15) is 0 Å². The average molecular weight is 233 g/mol. The van der Waals surface area contributed by atoms with E-state index < -0.39 is 5.54 Å². The summed E-state index contributed by atoms with van der Waals surface area (Å²) < 4.78 is 7.12. The molecule has 1 fully saturated rings. The van der Waals surface area contributed by atoms with Crippen LogP contribution in [0.25, 0.3) is 11.6 Å². The molecule has 1 unspecified atom stereocenters. The van der Waals surface area contributed by atoms with Gasteiger partial charge in [-0.2, -0.15) is 4.98 Å². The van der Waals surface area contributed by atoms with Gasteiger partial charge in [0.05, 0.1) is 5.54 Å². The van der Waals surface area contributed by atoms with Crippen molar-refractivity contribution in [2.24, 2.45) is 18.7 Å². The van der Waals surface area contributed by atoms with Crippen molar-refractivity contribution >= 4 is 0 Å². The van der Waals surface area contributed by atoms with Gasteiger partial charge in [0, 0.05) is 19.4 Å². The fourth-order valence-electron chi connectivity index (χ4n) is 1.97. The minimum absolute atomic E-state index is 0.456. The van der Waals surface area contributed by atoms with Gasteiger partial charge in [-0.05, 0) is 25.7 Å². The number of hydrogen-bond acceptors (Lipinski definition) is 5. The molecule has 2 aromatic rings. The van der Waals surface area contributed by atoms with Crippen LogP contribution in [0.3, 0.4) is 0 Å². The van der Waals surface area contributed by atoms with Crippen LogP contribution in [0.1, 0.15) is 25.7 Å². The maximum Gasteiger partial charge on any atom is 0.247 e. The van der Waals surface area contributed by atoms with E-state index in [1.54, 1.807) is 6.20 Å². The second kappa shape index (κ2) is 3.40. The van der Waals surface area contributed by atoms with Crippen molar-refractivity contribution in [1.82, 2.24) is 19.7 Å². The monoisotopic (exact) mass is 233 g/mol. The van der Waals surface area contributed by atoms with E-state index in [1.807, 2.05) is 24.7 Å². The fraction of sp³-hybridized carbons (Fsp3) is 0.545. The van der Waals surface area contributed by atoms with E-state index in [2.05, 4.69) is 15.1 Å². The molecule has 1 aliphatic carbocycles. The van der Waals surface area contributed by atoms with Crippen LogP contribution in [-0.4, -0.2) is 19.7 Å². The Bertz CT molecular complexity index is 538. The standard InChI is InChI=1S/C11H15N5O/c1-11(12,7-3-4-7)10-14-8(15-17-10)9-13-5-6-16(9)2/h5-7H,3-4,12H2,1-2H3. The van der Waals surface area contributed by atoms with Crippen LogP contribution in [0.15, 0.2) is 16.9 Å². The van der Waals surface area contributed by atoms with Crippen LogP contribution in [0.2, 0.25) is 0 Å². The Hall–Kier alpha value is -1.69. The first-order valence-corrected chi connectivity index (χ1v) is 5.70. The van der Waals surface area contributed by atoms with E-state index in [1.165, 1.54) is 0 Å². The van der Waals surface area contributed by atoms with Crippen molar-refractivity contribution in [3.8, 4) is 11.6 Å². The number of nitrogens with zero attached hydrogens (tertiary/aromatic N) is 4. The Kier molecular flexibility index (Phi) is 2.09. The Morgan fingerprint density at radius 3 is 2.88 bits per heavy atom. The predicted molar refractivity (Wildman–Crippen MR) is 60.8 cm³/mol. The first-order chi connectivity index (χ1) is 8.09. The van der Waals surface area contributed by atoms with E-state index in [0.29, 0.717) is 23.5 Å². The summed E-state index contributed by atoms with van der Waals surface area (Å²) >= 11 is 0. The predicted octanol–water partition coefficient (Wildman–Crippen LogP) is 1.05. The third-order valence-electron chi connectivity index (χ3n) is 3.33. The molecule has 90 valence electrons. The molecule has 0 amide bonds. The number of aromatic nitrogens is 4. The molecule has 0 bridgehead atoms. The lowest BCUT2D eigenvalue weighted by Gasteiger charge is -2.18. The lowest BCUT2D eigenvalue weighted by Crippen LogP contribution is -2.35. The number of imidazole rings is 1. The fourth-order valence-corrected chi connectivity index (χ4v) is 1.97. The van der Waals surface area contributed by atoms with Crippen LogP contribution in [0.5, 0.6) is 0 Å². The van der Waals surface area contributed by atoms with Gasteiger partial charge in [0.2, 0.25) is 11.7 Å². The normalized spacial score (nSPS) is 19.2. The average Bonchev–Trinajstić information content (AvgIpc) is 2.89. The van der Waals surface area contributed by atoms with Gasteiger partial charge in [-0.3, -0.25) is 0 Å². The molecule has 17 heavy (non-hydrogen) atoms. The van der Waals surface area contributed by atoms with E-state index in [0.717, 1.165) is 12.8 Å².